The summed E-state index contributed by atoms with van der Waals surface area (Å²) in [7, 11) is -3.19. The third-order valence-corrected chi connectivity index (χ3v) is 5.66. The second-order valence-corrected chi connectivity index (χ2v) is 8.81. The zero-order chi connectivity index (χ0) is 17.9. The van der Waals surface area contributed by atoms with Crippen molar-refractivity contribution >= 4 is 15.9 Å². The Kier molecular flexibility index (Phi) is 5.75. The molecule has 0 aliphatic carbocycles. The van der Waals surface area contributed by atoms with E-state index >= 15 is 0 Å². The molecule has 1 aromatic rings. The molecule has 1 aromatic heterocycles. The molecular formula is C16H27N5O3S. The quantitative estimate of drug-likeness (QED) is 0.755. The summed E-state index contributed by atoms with van der Waals surface area (Å²) in [6, 6.07) is 1.93. The van der Waals surface area contributed by atoms with Gasteiger partial charge in [0.15, 0.2) is 0 Å². The largest absolute Gasteiger partial charge is 0.341 e. The molecule has 3 rings (SSSR count). The summed E-state index contributed by atoms with van der Waals surface area (Å²) in [5.74, 6) is 0.470. The molecule has 8 nitrogen and oxygen atoms in total. The highest BCUT2D eigenvalue weighted by molar-refractivity contribution is 7.88. The number of likely N-dealkylation sites (tertiary alicyclic amines) is 1. The molecule has 0 radical (unpaired) electrons. The first kappa shape index (κ1) is 18.3. The van der Waals surface area contributed by atoms with Gasteiger partial charge in [-0.25, -0.2) is 13.1 Å². The summed E-state index contributed by atoms with van der Waals surface area (Å²) >= 11 is 0. The molecule has 25 heavy (non-hydrogen) atoms. The number of nitrogens with one attached hydrogen (secondary N) is 2. The van der Waals surface area contributed by atoms with Crippen LogP contribution in [-0.2, 0) is 21.4 Å². The third kappa shape index (κ3) is 5.26. The van der Waals surface area contributed by atoms with Crippen molar-refractivity contribution in [1.29, 1.82) is 0 Å². The average molecular weight is 369 g/mol. The highest BCUT2D eigenvalue weighted by Gasteiger charge is 2.25. The minimum absolute atomic E-state index is 0.0363. The van der Waals surface area contributed by atoms with Gasteiger partial charge in [0.1, 0.15) is 6.54 Å². The number of aromatic nitrogens is 2. The van der Waals surface area contributed by atoms with E-state index in [-0.39, 0.29) is 18.5 Å². The van der Waals surface area contributed by atoms with Gasteiger partial charge in [-0.15, -0.1) is 0 Å². The van der Waals surface area contributed by atoms with Crippen LogP contribution in [-0.4, -0.2) is 67.5 Å². The van der Waals surface area contributed by atoms with Gasteiger partial charge in [-0.05, 0) is 38.3 Å². The Labute approximate surface area is 149 Å². The summed E-state index contributed by atoms with van der Waals surface area (Å²) < 4.78 is 26.9. The van der Waals surface area contributed by atoms with Gasteiger partial charge in [0.25, 0.3) is 0 Å². The van der Waals surface area contributed by atoms with Crippen LogP contribution < -0.4 is 10.0 Å². The van der Waals surface area contributed by atoms with Crippen LogP contribution in [0.25, 0.3) is 0 Å². The Hall–Kier alpha value is -1.45. The number of carbonyl (C=O) groups excluding carboxylic acids is 1. The van der Waals surface area contributed by atoms with Crippen molar-refractivity contribution < 1.29 is 13.2 Å². The number of amides is 1. The van der Waals surface area contributed by atoms with Gasteiger partial charge in [-0.1, -0.05) is 0 Å². The smallest absolute Gasteiger partial charge is 0.244 e. The molecule has 2 saturated heterocycles. The van der Waals surface area contributed by atoms with Crippen LogP contribution in [0.2, 0.25) is 0 Å². The van der Waals surface area contributed by atoms with Gasteiger partial charge in [0.05, 0.1) is 11.9 Å². The minimum Gasteiger partial charge on any atom is -0.341 e. The lowest BCUT2D eigenvalue weighted by Crippen LogP contribution is -2.47. The molecule has 2 fully saturated rings. The molecule has 0 bridgehead atoms. The lowest BCUT2D eigenvalue weighted by atomic mass is 9.97. The van der Waals surface area contributed by atoms with E-state index in [4.69, 9.17) is 0 Å². The van der Waals surface area contributed by atoms with Gasteiger partial charge in [0, 0.05) is 37.8 Å². The number of hydrogen-bond donors (Lipinski definition) is 2. The Balaban J connectivity index is 1.49. The SMILES string of the molecule is CS(=O)(=O)NC1CCN(C(=O)Cn2ccc(C3CCCNC3)n2)CC1. The molecule has 3 heterocycles. The van der Waals surface area contributed by atoms with Crippen molar-refractivity contribution in [2.45, 2.75) is 44.2 Å². The molecule has 9 heteroatoms. The molecule has 0 aromatic carbocycles. The van der Waals surface area contributed by atoms with Crippen LogP contribution >= 0.6 is 0 Å². The van der Waals surface area contributed by atoms with Crippen LogP contribution in [0.3, 0.4) is 0 Å². The monoisotopic (exact) mass is 369 g/mol. The van der Waals surface area contributed by atoms with Gasteiger partial charge in [-0.3, -0.25) is 9.48 Å². The molecule has 1 amide bonds. The first-order valence-corrected chi connectivity index (χ1v) is 10.8. The molecule has 1 atom stereocenters. The standard InChI is InChI=1S/C16H27N5O3S/c1-25(23,24)19-14-4-8-20(9-5-14)16(22)12-21-10-6-15(18-21)13-3-2-7-17-11-13/h6,10,13-14,17,19H,2-5,7-9,11-12H2,1H3. The maximum atomic E-state index is 12.5. The first-order chi connectivity index (χ1) is 11.9. The van der Waals surface area contributed by atoms with E-state index in [9.17, 15) is 13.2 Å². The molecule has 2 aliphatic rings. The van der Waals surface area contributed by atoms with E-state index in [1.165, 1.54) is 6.26 Å². The average Bonchev–Trinajstić information content (AvgIpc) is 3.03. The number of nitrogens with zero attached hydrogens (tertiary/aromatic N) is 3. The molecule has 1 unspecified atom stereocenters. The van der Waals surface area contributed by atoms with Crippen molar-refractivity contribution in [3.05, 3.63) is 18.0 Å². The topological polar surface area (TPSA) is 96.3 Å². The Morgan fingerprint density at radius 2 is 2.12 bits per heavy atom. The summed E-state index contributed by atoms with van der Waals surface area (Å²) in [6.07, 6.45) is 6.64. The van der Waals surface area contributed by atoms with E-state index in [2.05, 4.69) is 15.1 Å². The summed E-state index contributed by atoms with van der Waals surface area (Å²) in [6.45, 7) is 3.41. The zero-order valence-corrected chi connectivity index (χ0v) is 15.5. The summed E-state index contributed by atoms with van der Waals surface area (Å²) in [5.41, 5.74) is 1.05. The van der Waals surface area contributed by atoms with Crippen molar-refractivity contribution in [2.75, 3.05) is 32.4 Å². The van der Waals surface area contributed by atoms with Crippen molar-refractivity contribution in [2.24, 2.45) is 0 Å². The number of sulfonamides is 1. The number of hydrogen-bond acceptors (Lipinski definition) is 5. The molecule has 2 N–H and O–H groups in total. The van der Waals surface area contributed by atoms with Crippen LogP contribution in [0.15, 0.2) is 12.3 Å². The van der Waals surface area contributed by atoms with Crippen LogP contribution in [0, 0.1) is 0 Å². The molecule has 2 aliphatic heterocycles. The predicted molar refractivity (Wildman–Crippen MR) is 94.7 cm³/mol. The normalized spacial score (nSPS) is 22.9. The second kappa shape index (κ2) is 7.84. The van der Waals surface area contributed by atoms with Crippen LogP contribution in [0.1, 0.15) is 37.3 Å². The van der Waals surface area contributed by atoms with Crippen LogP contribution in [0.4, 0.5) is 0 Å². The first-order valence-electron chi connectivity index (χ1n) is 8.90. The number of piperidine rings is 2. The third-order valence-electron chi connectivity index (χ3n) is 4.90. The van der Waals surface area contributed by atoms with E-state index in [0.29, 0.717) is 31.8 Å². The van der Waals surface area contributed by atoms with E-state index in [1.54, 1.807) is 9.58 Å². The van der Waals surface area contributed by atoms with Crippen molar-refractivity contribution in [1.82, 2.24) is 24.7 Å². The Morgan fingerprint density at radius 1 is 1.36 bits per heavy atom. The molecule has 0 spiro atoms. The highest BCUT2D eigenvalue weighted by atomic mass is 32.2. The Morgan fingerprint density at radius 3 is 2.76 bits per heavy atom. The fourth-order valence-corrected chi connectivity index (χ4v) is 4.42. The predicted octanol–water partition coefficient (Wildman–Crippen LogP) is -0.110. The van der Waals surface area contributed by atoms with E-state index < -0.39 is 10.0 Å². The maximum Gasteiger partial charge on any atom is 0.244 e. The lowest BCUT2D eigenvalue weighted by molar-refractivity contribution is -0.133. The van der Waals surface area contributed by atoms with Crippen molar-refractivity contribution in [3.63, 3.8) is 0 Å². The van der Waals surface area contributed by atoms with E-state index in [0.717, 1.165) is 31.6 Å². The van der Waals surface area contributed by atoms with E-state index in [1.807, 2.05) is 12.3 Å². The molecule has 0 saturated carbocycles. The summed E-state index contributed by atoms with van der Waals surface area (Å²) in [5, 5.41) is 7.95. The van der Waals surface area contributed by atoms with Gasteiger partial charge >= 0.3 is 0 Å². The highest BCUT2D eigenvalue weighted by Crippen LogP contribution is 2.21. The number of carbonyl (C=O) groups is 1. The second-order valence-electron chi connectivity index (χ2n) is 7.03. The lowest BCUT2D eigenvalue weighted by Gasteiger charge is -2.32. The molecular weight excluding hydrogens is 342 g/mol. The van der Waals surface area contributed by atoms with Gasteiger partial charge in [-0.2, -0.15) is 5.10 Å². The Bertz CT molecular complexity index is 688. The summed E-state index contributed by atoms with van der Waals surface area (Å²) in [4.78, 5) is 14.3. The maximum absolute atomic E-state index is 12.5. The fourth-order valence-electron chi connectivity index (χ4n) is 3.58. The molecule has 140 valence electrons. The van der Waals surface area contributed by atoms with Gasteiger partial charge in [0.2, 0.25) is 15.9 Å². The number of rotatable bonds is 5. The zero-order valence-electron chi connectivity index (χ0n) is 14.6. The minimum atomic E-state index is -3.19. The van der Waals surface area contributed by atoms with Crippen molar-refractivity contribution in [3.8, 4) is 0 Å². The fraction of sp³-hybridized carbons (Fsp3) is 0.750. The van der Waals surface area contributed by atoms with Crippen LogP contribution in [0.5, 0.6) is 0 Å². The van der Waals surface area contributed by atoms with Gasteiger partial charge < -0.3 is 10.2 Å².